The van der Waals surface area contributed by atoms with E-state index in [0.29, 0.717) is 22.6 Å². The van der Waals surface area contributed by atoms with Crippen LogP contribution in [0.15, 0.2) is 78.9 Å². The lowest BCUT2D eigenvalue weighted by Gasteiger charge is -2.09. The molecular weight excluding hydrogens is 326 g/mol. The molecule has 0 aromatic heterocycles. The molecule has 26 heavy (non-hydrogen) atoms. The van der Waals surface area contributed by atoms with E-state index in [1.165, 1.54) is 0 Å². The molecule has 3 amide bonds. The first-order valence-electron chi connectivity index (χ1n) is 8.21. The topological polar surface area (TPSA) is 70.2 Å². The molecule has 5 nitrogen and oxygen atoms in total. The number of para-hydroxylation sites is 1. The predicted molar refractivity (Wildman–Crippen MR) is 105 cm³/mol. The Bertz CT molecular complexity index is 906. The van der Waals surface area contributed by atoms with E-state index in [-0.39, 0.29) is 11.9 Å². The number of carbonyl (C=O) groups is 2. The molecule has 5 heteroatoms. The van der Waals surface area contributed by atoms with Crippen LogP contribution >= 0.6 is 0 Å². The number of rotatable bonds is 4. The Hall–Kier alpha value is -3.60. The van der Waals surface area contributed by atoms with E-state index in [4.69, 9.17) is 0 Å². The third kappa shape index (κ3) is 4.70. The minimum Gasteiger partial charge on any atom is -0.322 e. The van der Waals surface area contributed by atoms with Gasteiger partial charge in [-0.3, -0.25) is 4.79 Å². The Balaban J connectivity index is 1.58. The minimum absolute atomic E-state index is 0.170. The van der Waals surface area contributed by atoms with Gasteiger partial charge in [-0.05, 0) is 55.5 Å². The fourth-order valence-corrected chi connectivity index (χ4v) is 2.44. The SMILES string of the molecule is Cc1cccc(C(=O)Nc2ccc(NC(=O)Nc3ccccc3)cc2)c1. The number of nitrogens with one attached hydrogen (secondary N) is 3. The Morgan fingerprint density at radius 3 is 1.85 bits per heavy atom. The van der Waals surface area contributed by atoms with Gasteiger partial charge in [0.05, 0.1) is 0 Å². The monoisotopic (exact) mass is 345 g/mol. The quantitative estimate of drug-likeness (QED) is 0.630. The fraction of sp³-hybridized carbons (Fsp3) is 0.0476. The average molecular weight is 345 g/mol. The van der Waals surface area contributed by atoms with Gasteiger partial charge in [-0.2, -0.15) is 0 Å². The maximum absolute atomic E-state index is 12.2. The van der Waals surface area contributed by atoms with Crippen LogP contribution < -0.4 is 16.0 Å². The van der Waals surface area contributed by atoms with Crippen molar-refractivity contribution < 1.29 is 9.59 Å². The van der Waals surface area contributed by atoms with E-state index in [0.717, 1.165) is 5.56 Å². The van der Waals surface area contributed by atoms with Crippen LogP contribution in [0.2, 0.25) is 0 Å². The van der Waals surface area contributed by atoms with Crippen LogP contribution in [0.25, 0.3) is 0 Å². The molecule has 0 saturated carbocycles. The molecule has 3 aromatic rings. The lowest BCUT2D eigenvalue weighted by Crippen LogP contribution is -2.19. The standard InChI is InChI=1S/C21H19N3O2/c1-15-6-5-7-16(14-15)20(25)22-18-10-12-19(13-11-18)24-21(26)23-17-8-3-2-4-9-17/h2-14H,1H3,(H,22,25)(H2,23,24,26). The largest absolute Gasteiger partial charge is 0.323 e. The Labute approximate surface area is 152 Å². The van der Waals surface area contributed by atoms with E-state index >= 15 is 0 Å². The molecule has 0 fully saturated rings. The predicted octanol–water partition coefficient (Wildman–Crippen LogP) is 4.89. The molecule has 0 aliphatic rings. The van der Waals surface area contributed by atoms with Gasteiger partial charge in [0, 0.05) is 22.6 Å². The second-order valence-electron chi connectivity index (χ2n) is 5.85. The molecule has 0 saturated heterocycles. The van der Waals surface area contributed by atoms with Crippen molar-refractivity contribution in [1.82, 2.24) is 0 Å². The summed E-state index contributed by atoms with van der Waals surface area (Å²) in [5, 5.41) is 8.33. The number of hydrogen-bond acceptors (Lipinski definition) is 2. The van der Waals surface area contributed by atoms with Crippen LogP contribution in [0.4, 0.5) is 21.9 Å². The highest BCUT2D eigenvalue weighted by Crippen LogP contribution is 2.16. The van der Waals surface area contributed by atoms with Crippen LogP contribution in [0, 0.1) is 6.92 Å². The summed E-state index contributed by atoms with van der Waals surface area (Å²) in [6.45, 7) is 1.94. The van der Waals surface area contributed by atoms with Gasteiger partial charge in [-0.25, -0.2) is 4.79 Å². The van der Waals surface area contributed by atoms with Crippen molar-refractivity contribution in [2.75, 3.05) is 16.0 Å². The normalized spacial score (nSPS) is 10.0. The van der Waals surface area contributed by atoms with Crippen molar-refractivity contribution >= 4 is 29.0 Å². The molecule has 3 rings (SSSR count). The summed E-state index contributed by atoms with van der Waals surface area (Å²) in [5.41, 5.74) is 3.64. The lowest BCUT2D eigenvalue weighted by molar-refractivity contribution is 0.102. The molecule has 0 bridgehead atoms. The zero-order chi connectivity index (χ0) is 18.4. The molecule has 130 valence electrons. The second-order valence-corrected chi connectivity index (χ2v) is 5.85. The van der Waals surface area contributed by atoms with Gasteiger partial charge in [0.1, 0.15) is 0 Å². The van der Waals surface area contributed by atoms with Crippen LogP contribution in [0.5, 0.6) is 0 Å². The van der Waals surface area contributed by atoms with Gasteiger partial charge in [-0.1, -0.05) is 35.9 Å². The molecule has 0 atom stereocenters. The second kappa shape index (κ2) is 7.98. The number of amides is 3. The molecule has 0 aliphatic heterocycles. The van der Waals surface area contributed by atoms with Gasteiger partial charge in [0.15, 0.2) is 0 Å². The van der Waals surface area contributed by atoms with Gasteiger partial charge in [0.2, 0.25) is 0 Å². The van der Waals surface area contributed by atoms with E-state index in [2.05, 4.69) is 16.0 Å². The smallest absolute Gasteiger partial charge is 0.322 e. The molecule has 0 spiro atoms. The lowest BCUT2D eigenvalue weighted by atomic mass is 10.1. The molecule has 0 aliphatic carbocycles. The van der Waals surface area contributed by atoms with Crippen molar-refractivity contribution in [2.24, 2.45) is 0 Å². The van der Waals surface area contributed by atoms with Crippen LogP contribution in [-0.4, -0.2) is 11.9 Å². The summed E-state index contributed by atoms with van der Waals surface area (Å²) in [4.78, 5) is 24.2. The Kier molecular flexibility index (Phi) is 5.29. The highest BCUT2D eigenvalue weighted by atomic mass is 16.2. The Morgan fingerprint density at radius 2 is 1.23 bits per heavy atom. The van der Waals surface area contributed by atoms with Crippen LogP contribution in [-0.2, 0) is 0 Å². The molecular formula is C21H19N3O2. The van der Waals surface area contributed by atoms with E-state index in [9.17, 15) is 9.59 Å². The van der Waals surface area contributed by atoms with Crippen molar-refractivity contribution in [1.29, 1.82) is 0 Å². The molecule has 3 aromatic carbocycles. The summed E-state index contributed by atoms with van der Waals surface area (Å²) in [6, 6.07) is 23.2. The third-order valence-corrected chi connectivity index (χ3v) is 3.71. The number of urea groups is 1. The Morgan fingerprint density at radius 1 is 0.654 bits per heavy atom. The number of benzene rings is 3. The third-order valence-electron chi connectivity index (χ3n) is 3.71. The van der Waals surface area contributed by atoms with Gasteiger partial charge in [0.25, 0.3) is 5.91 Å². The summed E-state index contributed by atoms with van der Waals surface area (Å²) in [5.74, 6) is -0.170. The minimum atomic E-state index is -0.326. The number of hydrogen-bond donors (Lipinski definition) is 3. The molecule has 3 N–H and O–H groups in total. The maximum atomic E-state index is 12.2. The summed E-state index contributed by atoms with van der Waals surface area (Å²) < 4.78 is 0. The molecule has 0 unspecified atom stereocenters. The highest BCUT2D eigenvalue weighted by Gasteiger charge is 2.07. The maximum Gasteiger partial charge on any atom is 0.323 e. The van der Waals surface area contributed by atoms with E-state index in [1.807, 2.05) is 55.5 Å². The van der Waals surface area contributed by atoms with Crippen molar-refractivity contribution in [3.05, 3.63) is 90.0 Å². The first-order valence-corrected chi connectivity index (χ1v) is 8.21. The van der Waals surface area contributed by atoms with Gasteiger partial charge < -0.3 is 16.0 Å². The summed E-state index contributed by atoms with van der Waals surface area (Å²) in [6.07, 6.45) is 0. The first kappa shape index (κ1) is 17.2. The number of carbonyl (C=O) groups excluding carboxylic acids is 2. The zero-order valence-electron chi connectivity index (χ0n) is 14.3. The van der Waals surface area contributed by atoms with Crippen molar-refractivity contribution in [2.45, 2.75) is 6.92 Å². The van der Waals surface area contributed by atoms with Crippen LogP contribution in [0.1, 0.15) is 15.9 Å². The van der Waals surface area contributed by atoms with Crippen molar-refractivity contribution in [3.8, 4) is 0 Å². The molecule has 0 heterocycles. The van der Waals surface area contributed by atoms with E-state index < -0.39 is 0 Å². The van der Waals surface area contributed by atoms with Crippen molar-refractivity contribution in [3.63, 3.8) is 0 Å². The molecule has 0 radical (unpaired) electrons. The zero-order valence-corrected chi connectivity index (χ0v) is 14.3. The fourth-order valence-electron chi connectivity index (χ4n) is 2.44. The van der Waals surface area contributed by atoms with E-state index in [1.54, 1.807) is 30.3 Å². The summed E-state index contributed by atoms with van der Waals surface area (Å²) in [7, 11) is 0. The first-order chi connectivity index (χ1) is 12.6. The van der Waals surface area contributed by atoms with Gasteiger partial charge >= 0.3 is 6.03 Å². The highest BCUT2D eigenvalue weighted by molar-refractivity contribution is 6.04. The average Bonchev–Trinajstić information content (AvgIpc) is 2.64. The summed E-state index contributed by atoms with van der Waals surface area (Å²) >= 11 is 0. The van der Waals surface area contributed by atoms with Crippen LogP contribution in [0.3, 0.4) is 0 Å². The number of anilines is 3. The van der Waals surface area contributed by atoms with Gasteiger partial charge in [-0.15, -0.1) is 0 Å². The number of aryl methyl sites for hydroxylation is 1.